The van der Waals surface area contributed by atoms with E-state index in [2.05, 4.69) is 10.2 Å². The molecule has 0 aromatic heterocycles. The van der Waals surface area contributed by atoms with Crippen LogP contribution in [0.25, 0.3) is 0 Å². The maximum absolute atomic E-state index is 12.2. The quantitative estimate of drug-likeness (QED) is 0.740. The molecule has 2 aliphatic heterocycles. The lowest BCUT2D eigenvalue weighted by atomic mass is 10.1. The highest BCUT2D eigenvalue weighted by molar-refractivity contribution is 5.89. The monoisotopic (exact) mass is 347 g/mol. The number of ether oxygens (including phenoxy) is 2. The van der Waals surface area contributed by atoms with E-state index in [1.54, 1.807) is 4.90 Å². The second-order valence-electron chi connectivity index (χ2n) is 6.81. The highest BCUT2D eigenvalue weighted by Crippen LogP contribution is 2.33. The molecule has 3 rings (SSSR count). The molecule has 1 aromatic rings. The lowest BCUT2D eigenvalue weighted by Crippen LogP contribution is -2.34. The summed E-state index contributed by atoms with van der Waals surface area (Å²) in [5.41, 5.74) is 0.977. The number of rotatable bonds is 7. The summed E-state index contributed by atoms with van der Waals surface area (Å²) in [4.78, 5) is 28.3. The van der Waals surface area contributed by atoms with Gasteiger partial charge in [0.1, 0.15) is 0 Å². The van der Waals surface area contributed by atoms with Gasteiger partial charge in [0.25, 0.3) is 0 Å². The molecule has 7 heteroatoms. The molecule has 1 N–H and O–H groups in total. The van der Waals surface area contributed by atoms with Gasteiger partial charge in [-0.3, -0.25) is 9.59 Å². The van der Waals surface area contributed by atoms with E-state index < -0.39 is 0 Å². The Bertz CT molecular complexity index is 647. The smallest absolute Gasteiger partial charge is 0.231 e. The van der Waals surface area contributed by atoms with Gasteiger partial charge in [0.05, 0.1) is 5.92 Å². The maximum atomic E-state index is 12.2. The van der Waals surface area contributed by atoms with Crippen LogP contribution in [0.3, 0.4) is 0 Å². The number of fused-ring (bicyclic) bond motifs is 1. The fourth-order valence-electron chi connectivity index (χ4n) is 3.11. The summed E-state index contributed by atoms with van der Waals surface area (Å²) in [6.07, 6.45) is 1.18. The molecule has 1 atom stereocenters. The number of carbonyl (C=O) groups excluding carboxylic acids is 2. The number of carbonyl (C=O) groups is 2. The molecular formula is C18H25N3O4. The minimum absolute atomic E-state index is 0.0195. The number of hydrogen-bond donors (Lipinski definition) is 1. The van der Waals surface area contributed by atoms with Crippen molar-refractivity contribution in [2.45, 2.75) is 19.4 Å². The molecule has 1 saturated heterocycles. The van der Waals surface area contributed by atoms with Crippen molar-refractivity contribution in [3.8, 4) is 11.5 Å². The van der Waals surface area contributed by atoms with Crippen molar-refractivity contribution in [3.05, 3.63) is 23.8 Å². The Morgan fingerprint density at radius 1 is 1.32 bits per heavy atom. The van der Waals surface area contributed by atoms with E-state index in [0.29, 0.717) is 25.4 Å². The van der Waals surface area contributed by atoms with E-state index in [-0.39, 0.29) is 30.9 Å². The van der Waals surface area contributed by atoms with E-state index in [1.165, 1.54) is 0 Å². The molecule has 0 spiro atoms. The van der Waals surface area contributed by atoms with Gasteiger partial charge >= 0.3 is 0 Å². The van der Waals surface area contributed by atoms with Crippen LogP contribution in [0, 0.1) is 5.92 Å². The van der Waals surface area contributed by atoms with Crippen molar-refractivity contribution in [2.75, 3.05) is 40.5 Å². The fourth-order valence-corrected chi connectivity index (χ4v) is 3.11. The minimum atomic E-state index is -0.263. The van der Waals surface area contributed by atoms with Gasteiger partial charge in [-0.1, -0.05) is 6.07 Å². The molecule has 0 aliphatic carbocycles. The van der Waals surface area contributed by atoms with Crippen LogP contribution in [0.1, 0.15) is 18.4 Å². The van der Waals surface area contributed by atoms with E-state index in [4.69, 9.17) is 9.47 Å². The van der Waals surface area contributed by atoms with Crippen LogP contribution in [0.2, 0.25) is 0 Å². The maximum Gasteiger partial charge on any atom is 0.231 e. The lowest BCUT2D eigenvalue weighted by molar-refractivity contribution is -0.129. The van der Waals surface area contributed by atoms with Crippen LogP contribution in [-0.4, -0.2) is 62.1 Å². The molecule has 2 aliphatic rings. The highest BCUT2D eigenvalue weighted by atomic mass is 16.7. The first-order chi connectivity index (χ1) is 12.0. The Labute approximate surface area is 147 Å². The van der Waals surface area contributed by atoms with Gasteiger partial charge in [0, 0.05) is 26.1 Å². The van der Waals surface area contributed by atoms with E-state index in [1.807, 2.05) is 32.3 Å². The Balaban J connectivity index is 1.49. The SMILES string of the molecule is CN(C)CCCNC(=O)C1CC(=O)N(Cc2ccc3c(c2)OCO3)C1. The van der Waals surface area contributed by atoms with Crippen LogP contribution in [0.4, 0.5) is 0 Å². The van der Waals surface area contributed by atoms with Gasteiger partial charge in [-0.05, 0) is 44.8 Å². The average Bonchev–Trinajstić information content (AvgIpc) is 3.18. The second kappa shape index (κ2) is 7.74. The summed E-state index contributed by atoms with van der Waals surface area (Å²) < 4.78 is 10.7. The average molecular weight is 347 g/mol. The summed E-state index contributed by atoms with van der Waals surface area (Å²) in [6.45, 7) is 2.76. The predicted octanol–water partition coefficient (Wildman–Crippen LogP) is 0.832. The van der Waals surface area contributed by atoms with Crippen molar-refractivity contribution >= 4 is 11.8 Å². The van der Waals surface area contributed by atoms with Crippen molar-refractivity contribution in [1.29, 1.82) is 0 Å². The Kier molecular flexibility index (Phi) is 5.43. The van der Waals surface area contributed by atoms with Gasteiger partial charge in [0.2, 0.25) is 18.6 Å². The van der Waals surface area contributed by atoms with Crippen LogP contribution < -0.4 is 14.8 Å². The molecule has 0 radical (unpaired) electrons. The third kappa shape index (κ3) is 4.42. The van der Waals surface area contributed by atoms with Crippen molar-refractivity contribution in [3.63, 3.8) is 0 Å². The first-order valence-corrected chi connectivity index (χ1v) is 8.61. The second-order valence-corrected chi connectivity index (χ2v) is 6.81. The molecule has 2 heterocycles. The van der Waals surface area contributed by atoms with E-state index in [9.17, 15) is 9.59 Å². The largest absolute Gasteiger partial charge is 0.454 e. The summed E-state index contributed by atoms with van der Waals surface area (Å²) in [5, 5.41) is 2.94. The Hall–Kier alpha value is -2.28. The zero-order chi connectivity index (χ0) is 17.8. The summed E-state index contributed by atoms with van der Waals surface area (Å²) >= 11 is 0. The lowest BCUT2D eigenvalue weighted by Gasteiger charge is -2.17. The molecule has 136 valence electrons. The van der Waals surface area contributed by atoms with Crippen LogP contribution >= 0.6 is 0 Å². The number of nitrogens with zero attached hydrogens (tertiary/aromatic N) is 2. The summed E-state index contributed by atoms with van der Waals surface area (Å²) in [6, 6.07) is 5.67. The first-order valence-electron chi connectivity index (χ1n) is 8.61. The summed E-state index contributed by atoms with van der Waals surface area (Å²) in [5.74, 6) is 1.16. The van der Waals surface area contributed by atoms with Crippen molar-refractivity contribution < 1.29 is 19.1 Å². The van der Waals surface area contributed by atoms with Crippen molar-refractivity contribution in [1.82, 2.24) is 15.1 Å². The molecular weight excluding hydrogens is 322 g/mol. The van der Waals surface area contributed by atoms with Crippen LogP contribution in [0.5, 0.6) is 11.5 Å². The van der Waals surface area contributed by atoms with Crippen LogP contribution in [0.15, 0.2) is 18.2 Å². The topological polar surface area (TPSA) is 71.1 Å². The highest BCUT2D eigenvalue weighted by Gasteiger charge is 2.34. The van der Waals surface area contributed by atoms with Gasteiger partial charge in [-0.25, -0.2) is 0 Å². The molecule has 1 unspecified atom stereocenters. The van der Waals surface area contributed by atoms with Gasteiger partial charge in [0.15, 0.2) is 11.5 Å². The third-order valence-corrected chi connectivity index (χ3v) is 4.48. The summed E-state index contributed by atoms with van der Waals surface area (Å²) in [7, 11) is 4.01. The number of likely N-dealkylation sites (tertiary alicyclic amines) is 1. The number of amides is 2. The van der Waals surface area contributed by atoms with E-state index in [0.717, 1.165) is 24.3 Å². The molecule has 7 nitrogen and oxygen atoms in total. The van der Waals surface area contributed by atoms with E-state index >= 15 is 0 Å². The Morgan fingerprint density at radius 2 is 2.12 bits per heavy atom. The van der Waals surface area contributed by atoms with Gasteiger partial charge in [-0.2, -0.15) is 0 Å². The molecule has 1 aromatic carbocycles. The normalized spacial score (nSPS) is 18.9. The van der Waals surface area contributed by atoms with Crippen molar-refractivity contribution in [2.24, 2.45) is 5.92 Å². The minimum Gasteiger partial charge on any atom is -0.454 e. The first kappa shape index (κ1) is 17.5. The third-order valence-electron chi connectivity index (χ3n) is 4.48. The molecule has 2 amide bonds. The molecule has 1 fully saturated rings. The molecule has 0 saturated carbocycles. The molecule has 0 bridgehead atoms. The number of benzene rings is 1. The van der Waals surface area contributed by atoms with Crippen LogP contribution in [-0.2, 0) is 16.1 Å². The predicted molar refractivity (Wildman–Crippen MR) is 92.3 cm³/mol. The Morgan fingerprint density at radius 3 is 2.92 bits per heavy atom. The fraction of sp³-hybridized carbons (Fsp3) is 0.556. The zero-order valence-corrected chi connectivity index (χ0v) is 14.8. The number of nitrogens with one attached hydrogen (secondary N) is 1. The standard InChI is InChI=1S/C18H25N3O4/c1-20(2)7-3-6-19-18(23)14-9-17(22)21(11-14)10-13-4-5-15-16(8-13)25-12-24-15/h4-5,8,14H,3,6-7,9-12H2,1-2H3,(H,19,23). The van der Waals surface area contributed by atoms with Gasteiger partial charge in [-0.15, -0.1) is 0 Å². The zero-order valence-electron chi connectivity index (χ0n) is 14.8. The molecule has 25 heavy (non-hydrogen) atoms. The number of hydrogen-bond acceptors (Lipinski definition) is 5. The van der Waals surface area contributed by atoms with Gasteiger partial charge < -0.3 is 24.6 Å².